The van der Waals surface area contributed by atoms with Gasteiger partial charge >= 0.3 is 5.97 Å². The lowest BCUT2D eigenvalue weighted by Crippen LogP contribution is -2.40. The molecular formula is C17H18N2O4S. The first-order chi connectivity index (χ1) is 11.6. The van der Waals surface area contributed by atoms with Gasteiger partial charge in [-0.25, -0.2) is 4.98 Å². The maximum atomic E-state index is 12.5. The zero-order chi connectivity index (χ0) is 16.7. The van der Waals surface area contributed by atoms with Crippen molar-refractivity contribution in [2.45, 2.75) is 25.7 Å². The van der Waals surface area contributed by atoms with E-state index in [1.165, 1.54) is 11.3 Å². The maximum Gasteiger partial charge on any atom is 0.307 e. The molecule has 126 valence electrons. The van der Waals surface area contributed by atoms with E-state index in [-0.39, 0.29) is 17.2 Å². The fourth-order valence-corrected chi connectivity index (χ4v) is 4.43. The third-order valence-electron chi connectivity index (χ3n) is 5.25. The Labute approximate surface area is 143 Å². The van der Waals surface area contributed by atoms with Crippen molar-refractivity contribution in [2.24, 2.45) is 11.3 Å². The van der Waals surface area contributed by atoms with Gasteiger partial charge in [0.2, 0.25) is 5.91 Å². The number of hydrogen-bond donors (Lipinski definition) is 1. The molecule has 1 N–H and O–H groups in total. The van der Waals surface area contributed by atoms with E-state index in [0.717, 1.165) is 35.5 Å². The van der Waals surface area contributed by atoms with E-state index in [4.69, 9.17) is 9.52 Å². The Kier molecular flexibility index (Phi) is 3.68. The molecule has 3 heterocycles. The summed E-state index contributed by atoms with van der Waals surface area (Å²) in [5.74, 6) is -0.823. The van der Waals surface area contributed by atoms with Gasteiger partial charge in [0.1, 0.15) is 11.3 Å². The van der Waals surface area contributed by atoms with Crippen molar-refractivity contribution in [3.63, 3.8) is 0 Å². The molecule has 0 bridgehead atoms. The minimum Gasteiger partial charge on any atom is -0.481 e. The molecule has 1 aliphatic carbocycles. The smallest absolute Gasteiger partial charge is 0.307 e. The highest BCUT2D eigenvalue weighted by Gasteiger charge is 2.59. The molecule has 7 heteroatoms. The number of piperidine rings is 1. The molecule has 1 aliphatic heterocycles. The summed E-state index contributed by atoms with van der Waals surface area (Å²) in [6, 6.07) is 1.85. The van der Waals surface area contributed by atoms with Gasteiger partial charge < -0.3 is 14.4 Å². The lowest BCUT2D eigenvalue weighted by Gasteiger charge is -2.32. The molecule has 2 fully saturated rings. The molecule has 0 aromatic carbocycles. The average Bonchev–Trinajstić information content (AvgIpc) is 2.98. The van der Waals surface area contributed by atoms with E-state index < -0.39 is 5.97 Å². The van der Waals surface area contributed by atoms with Gasteiger partial charge in [-0.3, -0.25) is 9.59 Å². The van der Waals surface area contributed by atoms with E-state index in [0.29, 0.717) is 19.5 Å². The number of rotatable bonds is 4. The Balaban J connectivity index is 1.34. The van der Waals surface area contributed by atoms with Crippen molar-refractivity contribution >= 4 is 23.2 Å². The van der Waals surface area contributed by atoms with Gasteiger partial charge in [0.15, 0.2) is 0 Å². The Morgan fingerprint density at radius 1 is 1.42 bits per heavy atom. The number of carboxylic acid groups (broad SMARTS) is 1. The van der Waals surface area contributed by atoms with Gasteiger partial charge in [0.05, 0.1) is 24.3 Å². The van der Waals surface area contributed by atoms with Gasteiger partial charge in [-0.15, -0.1) is 11.3 Å². The van der Waals surface area contributed by atoms with Crippen LogP contribution >= 0.6 is 11.3 Å². The number of nitrogens with zero attached hydrogens (tertiary/aromatic N) is 2. The summed E-state index contributed by atoms with van der Waals surface area (Å²) in [6.07, 6.45) is 5.91. The van der Waals surface area contributed by atoms with Crippen LogP contribution < -0.4 is 0 Å². The molecule has 0 radical (unpaired) electrons. The van der Waals surface area contributed by atoms with E-state index in [9.17, 15) is 9.59 Å². The van der Waals surface area contributed by atoms with Gasteiger partial charge in [-0.1, -0.05) is 0 Å². The first kappa shape index (κ1) is 15.4. The molecule has 6 nitrogen and oxygen atoms in total. The monoisotopic (exact) mass is 346 g/mol. The lowest BCUT2D eigenvalue weighted by molar-refractivity contribution is -0.139. The summed E-state index contributed by atoms with van der Waals surface area (Å²) in [5.41, 5.74) is 1.65. The quantitative estimate of drug-likeness (QED) is 0.920. The normalized spacial score (nSPS) is 21.8. The van der Waals surface area contributed by atoms with Crippen molar-refractivity contribution in [1.82, 2.24) is 9.88 Å². The van der Waals surface area contributed by atoms with Crippen LogP contribution in [0.1, 0.15) is 25.0 Å². The Morgan fingerprint density at radius 3 is 2.83 bits per heavy atom. The van der Waals surface area contributed by atoms with Gasteiger partial charge in [-0.2, -0.15) is 0 Å². The van der Waals surface area contributed by atoms with E-state index in [2.05, 4.69) is 4.98 Å². The van der Waals surface area contributed by atoms with Crippen molar-refractivity contribution < 1.29 is 19.1 Å². The zero-order valence-corrected chi connectivity index (χ0v) is 13.9. The van der Waals surface area contributed by atoms with Crippen LogP contribution in [0.4, 0.5) is 0 Å². The Bertz CT molecular complexity index is 759. The average molecular weight is 346 g/mol. The molecule has 1 unspecified atom stereocenters. The molecule has 4 rings (SSSR count). The lowest BCUT2D eigenvalue weighted by atomic mass is 9.90. The second-order valence-electron chi connectivity index (χ2n) is 6.67. The van der Waals surface area contributed by atoms with Crippen molar-refractivity contribution in [1.29, 1.82) is 0 Å². The predicted molar refractivity (Wildman–Crippen MR) is 87.5 cm³/mol. The first-order valence-corrected chi connectivity index (χ1v) is 8.93. The minimum atomic E-state index is -0.691. The molecule has 24 heavy (non-hydrogen) atoms. The molecule has 1 saturated carbocycles. The number of furan rings is 1. The van der Waals surface area contributed by atoms with Crippen LogP contribution in [0.3, 0.4) is 0 Å². The third kappa shape index (κ3) is 2.73. The highest BCUT2D eigenvalue weighted by atomic mass is 32.1. The molecule has 2 aromatic rings. The van der Waals surface area contributed by atoms with E-state index in [1.54, 1.807) is 12.5 Å². The maximum absolute atomic E-state index is 12.5. The number of aromatic nitrogens is 1. The predicted octanol–water partition coefficient (Wildman–Crippen LogP) is 2.66. The van der Waals surface area contributed by atoms with Crippen LogP contribution in [-0.4, -0.2) is 40.0 Å². The van der Waals surface area contributed by atoms with Gasteiger partial charge in [0.25, 0.3) is 0 Å². The third-order valence-corrected chi connectivity index (χ3v) is 6.19. The van der Waals surface area contributed by atoms with Crippen LogP contribution in [-0.2, 0) is 16.0 Å². The highest BCUT2D eigenvalue weighted by molar-refractivity contribution is 7.13. The SMILES string of the molecule is O=C(O)C1CC12CCN(C(=O)Cc1csc(-c3ccoc3)n1)CC2. The molecule has 2 aliphatic rings. The first-order valence-electron chi connectivity index (χ1n) is 8.05. The Hall–Kier alpha value is -2.15. The topological polar surface area (TPSA) is 83.6 Å². The van der Waals surface area contributed by atoms with Crippen molar-refractivity contribution in [3.8, 4) is 10.6 Å². The standard InChI is InChI=1S/C17H18N2O4S/c20-14(7-12-10-24-15(18-12)11-1-6-23-9-11)19-4-2-17(3-5-19)8-13(17)16(21)22/h1,6,9-10,13H,2-5,7-8H2,(H,21,22). The van der Waals surface area contributed by atoms with Crippen LogP contribution in [0.2, 0.25) is 0 Å². The number of carboxylic acids is 1. The van der Waals surface area contributed by atoms with Crippen LogP contribution in [0, 0.1) is 11.3 Å². The zero-order valence-electron chi connectivity index (χ0n) is 13.1. The number of hydrogen-bond acceptors (Lipinski definition) is 5. The molecule has 2 aromatic heterocycles. The minimum absolute atomic E-state index is 0.0440. The number of carbonyl (C=O) groups excluding carboxylic acids is 1. The van der Waals surface area contributed by atoms with Gasteiger partial charge in [0, 0.05) is 24.0 Å². The summed E-state index contributed by atoms with van der Waals surface area (Å²) in [4.78, 5) is 29.9. The second-order valence-corrected chi connectivity index (χ2v) is 7.53. The van der Waals surface area contributed by atoms with Crippen LogP contribution in [0.15, 0.2) is 28.4 Å². The number of carbonyl (C=O) groups is 2. The summed E-state index contributed by atoms with van der Waals surface area (Å²) in [5, 5.41) is 11.9. The summed E-state index contributed by atoms with van der Waals surface area (Å²) in [6.45, 7) is 1.31. The number of amides is 1. The molecule has 1 saturated heterocycles. The van der Waals surface area contributed by atoms with E-state index >= 15 is 0 Å². The van der Waals surface area contributed by atoms with E-state index in [1.807, 2.05) is 16.3 Å². The molecule has 1 atom stereocenters. The molecular weight excluding hydrogens is 328 g/mol. The number of thiazole rings is 1. The van der Waals surface area contributed by atoms with Crippen LogP contribution in [0.25, 0.3) is 10.6 Å². The highest BCUT2D eigenvalue weighted by Crippen LogP contribution is 2.59. The largest absolute Gasteiger partial charge is 0.481 e. The summed E-state index contributed by atoms with van der Waals surface area (Å²) in [7, 11) is 0. The number of likely N-dealkylation sites (tertiary alicyclic amines) is 1. The van der Waals surface area contributed by atoms with Crippen molar-refractivity contribution in [2.75, 3.05) is 13.1 Å². The number of aliphatic carboxylic acids is 1. The fraction of sp³-hybridized carbons (Fsp3) is 0.471. The van der Waals surface area contributed by atoms with Crippen molar-refractivity contribution in [3.05, 3.63) is 29.7 Å². The van der Waals surface area contributed by atoms with Crippen LogP contribution in [0.5, 0.6) is 0 Å². The summed E-state index contributed by atoms with van der Waals surface area (Å²) < 4.78 is 5.06. The molecule has 1 spiro atoms. The van der Waals surface area contributed by atoms with Gasteiger partial charge in [-0.05, 0) is 30.7 Å². The fourth-order valence-electron chi connectivity index (χ4n) is 3.62. The second kappa shape index (κ2) is 5.73. The molecule has 1 amide bonds. The summed E-state index contributed by atoms with van der Waals surface area (Å²) >= 11 is 1.50. The Morgan fingerprint density at radius 2 is 2.21 bits per heavy atom.